The Balaban J connectivity index is 1.95. The zero-order valence-corrected chi connectivity index (χ0v) is 21.2. The number of carbonyl (C=O) groups excluding carboxylic acids is 1. The number of ether oxygens (including phenoxy) is 4. The minimum Gasteiger partial charge on any atom is -0.493 e. The minimum absolute atomic E-state index is 0.119. The van der Waals surface area contributed by atoms with Crippen molar-refractivity contribution in [3.05, 3.63) is 47.7 Å². The van der Waals surface area contributed by atoms with E-state index in [4.69, 9.17) is 30.5 Å². The maximum Gasteiger partial charge on any atom is 0.326 e. The van der Waals surface area contributed by atoms with E-state index in [0.717, 1.165) is 0 Å². The number of rotatable bonds is 9. The van der Waals surface area contributed by atoms with Gasteiger partial charge in [0.25, 0.3) is 0 Å². The molecule has 2 aromatic carbocycles. The molecule has 0 unspecified atom stereocenters. The van der Waals surface area contributed by atoms with Crippen LogP contribution in [0.4, 0.5) is 23.3 Å². The second-order valence-electron chi connectivity index (χ2n) is 8.30. The van der Waals surface area contributed by atoms with E-state index < -0.39 is 11.6 Å². The molecule has 0 aliphatic rings. The molecular weight excluding hydrogens is 474 g/mol. The summed E-state index contributed by atoms with van der Waals surface area (Å²) in [6.45, 7) is 5.30. The smallest absolute Gasteiger partial charge is 0.326 e. The molecule has 0 spiro atoms. The molecule has 10 nitrogen and oxygen atoms in total. The van der Waals surface area contributed by atoms with Gasteiger partial charge in [0.1, 0.15) is 18.5 Å². The summed E-state index contributed by atoms with van der Waals surface area (Å²) >= 11 is 6.05. The summed E-state index contributed by atoms with van der Waals surface area (Å²) in [5.74, 6) is 1.44. The zero-order chi connectivity index (χ0) is 25.6. The molecule has 0 fully saturated rings. The van der Waals surface area contributed by atoms with Crippen molar-refractivity contribution in [1.29, 1.82) is 0 Å². The fourth-order valence-corrected chi connectivity index (χ4v) is 3.29. The standard InChI is InChI=1S/C24H28ClN5O5/c1-24(2,3)35-20(31)13-30(17-9-7-15(25)8-10-17)23-27-14-26-22(29-23)28-16-11-18(32-4)21(34-6)19(12-16)33-5/h7-12,14H,13H2,1-6H3,(H,26,27,28,29). The number of nitrogens with one attached hydrogen (secondary N) is 1. The van der Waals surface area contributed by atoms with Crippen molar-refractivity contribution in [2.45, 2.75) is 26.4 Å². The Morgan fingerprint density at radius 1 is 1.00 bits per heavy atom. The van der Waals surface area contributed by atoms with E-state index in [-0.39, 0.29) is 18.4 Å². The molecule has 11 heteroatoms. The summed E-state index contributed by atoms with van der Waals surface area (Å²) in [5.41, 5.74) is 0.619. The number of hydrogen-bond acceptors (Lipinski definition) is 10. The maximum atomic E-state index is 12.6. The van der Waals surface area contributed by atoms with Crippen molar-refractivity contribution in [2.75, 3.05) is 38.1 Å². The molecule has 35 heavy (non-hydrogen) atoms. The third kappa shape index (κ3) is 6.86. The number of benzene rings is 2. The number of methoxy groups -OCH3 is 3. The Morgan fingerprint density at radius 3 is 2.17 bits per heavy atom. The molecule has 0 radical (unpaired) electrons. The van der Waals surface area contributed by atoms with Crippen molar-refractivity contribution in [3.63, 3.8) is 0 Å². The molecule has 0 saturated carbocycles. The molecule has 0 bridgehead atoms. The zero-order valence-electron chi connectivity index (χ0n) is 20.5. The first-order valence-electron chi connectivity index (χ1n) is 10.6. The van der Waals surface area contributed by atoms with Gasteiger partial charge in [0.2, 0.25) is 17.6 Å². The predicted molar refractivity (Wildman–Crippen MR) is 134 cm³/mol. The monoisotopic (exact) mass is 501 g/mol. The Labute approximate surface area is 209 Å². The average molecular weight is 502 g/mol. The normalized spacial score (nSPS) is 10.9. The molecule has 1 N–H and O–H groups in total. The average Bonchev–Trinajstić information content (AvgIpc) is 2.81. The number of hydrogen-bond donors (Lipinski definition) is 1. The van der Waals surface area contributed by atoms with Gasteiger partial charge in [-0.05, 0) is 45.0 Å². The summed E-state index contributed by atoms with van der Waals surface area (Å²) in [5, 5.41) is 3.67. The van der Waals surface area contributed by atoms with Crippen molar-refractivity contribution < 1.29 is 23.7 Å². The summed E-state index contributed by atoms with van der Waals surface area (Å²) in [6.07, 6.45) is 1.35. The Kier molecular flexibility index (Phi) is 8.18. The highest BCUT2D eigenvalue weighted by Crippen LogP contribution is 2.40. The number of aromatic nitrogens is 3. The van der Waals surface area contributed by atoms with Gasteiger partial charge in [-0.1, -0.05) is 11.6 Å². The Morgan fingerprint density at radius 2 is 1.63 bits per heavy atom. The second-order valence-corrected chi connectivity index (χ2v) is 8.73. The van der Waals surface area contributed by atoms with E-state index in [2.05, 4.69) is 20.3 Å². The molecular formula is C24H28ClN5O5. The van der Waals surface area contributed by atoms with Gasteiger partial charge < -0.3 is 24.3 Å². The molecule has 0 saturated heterocycles. The summed E-state index contributed by atoms with van der Waals surface area (Å²) in [4.78, 5) is 27.3. The van der Waals surface area contributed by atoms with Crippen LogP contribution in [-0.2, 0) is 9.53 Å². The van der Waals surface area contributed by atoms with Gasteiger partial charge in [-0.3, -0.25) is 9.69 Å². The lowest BCUT2D eigenvalue weighted by molar-refractivity contribution is -0.152. The third-order valence-corrected chi connectivity index (χ3v) is 4.82. The van der Waals surface area contributed by atoms with Crippen molar-refractivity contribution >= 4 is 40.8 Å². The highest BCUT2D eigenvalue weighted by Gasteiger charge is 2.23. The van der Waals surface area contributed by atoms with E-state index in [0.29, 0.717) is 33.6 Å². The molecule has 0 aliphatic carbocycles. The number of nitrogens with zero attached hydrogens (tertiary/aromatic N) is 4. The molecule has 1 heterocycles. The lowest BCUT2D eigenvalue weighted by Gasteiger charge is -2.25. The van der Waals surface area contributed by atoms with Gasteiger partial charge in [-0.15, -0.1) is 0 Å². The molecule has 3 aromatic rings. The summed E-state index contributed by atoms with van der Waals surface area (Å²) in [7, 11) is 4.59. The Bertz CT molecular complexity index is 1140. The van der Waals surface area contributed by atoms with Gasteiger partial charge in [0.15, 0.2) is 11.5 Å². The number of halogens is 1. The third-order valence-electron chi connectivity index (χ3n) is 4.57. The van der Waals surface area contributed by atoms with Crippen LogP contribution in [0.2, 0.25) is 5.02 Å². The molecule has 3 rings (SSSR count). The fraction of sp³-hybridized carbons (Fsp3) is 0.333. The first-order chi connectivity index (χ1) is 16.6. The van der Waals surface area contributed by atoms with E-state index in [1.165, 1.54) is 27.7 Å². The first kappa shape index (κ1) is 25.8. The van der Waals surface area contributed by atoms with Crippen molar-refractivity contribution in [2.24, 2.45) is 0 Å². The van der Waals surface area contributed by atoms with Gasteiger partial charge in [0, 0.05) is 28.5 Å². The lowest BCUT2D eigenvalue weighted by Crippen LogP contribution is -2.33. The first-order valence-corrected chi connectivity index (χ1v) is 11.0. The predicted octanol–water partition coefficient (Wildman–Crippen LogP) is 4.77. The largest absolute Gasteiger partial charge is 0.493 e. The maximum absolute atomic E-state index is 12.6. The van der Waals surface area contributed by atoms with Crippen LogP contribution in [-0.4, -0.2) is 54.4 Å². The van der Waals surface area contributed by atoms with E-state index in [1.54, 1.807) is 62.1 Å². The minimum atomic E-state index is -0.638. The van der Waals surface area contributed by atoms with Gasteiger partial charge in [-0.2, -0.15) is 4.98 Å². The number of anilines is 4. The van der Waals surface area contributed by atoms with Crippen LogP contribution < -0.4 is 24.4 Å². The number of carbonyl (C=O) groups is 1. The SMILES string of the molecule is COc1cc(Nc2ncnc(N(CC(=O)OC(C)(C)C)c3ccc(Cl)cc3)n2)cc(OC)c1OC. The molecule has 186 valence electrons. The molecule has 0 aliphatic heterocycles. The van der Waals surface area contributed by atoms with E-state index >= 15 is 0 Å². The topological polar surface area (TPSA) is 108 Å². The van der Waals surface area contributed by atoms with Gasteiger partial charge >= 0.3 is 5.97 Å². The Hall–Kier alpha value is -3.79. The lowest BCUT2D eigenvalue weighted by atomic mass is 10.2. The molecule has 0 atom stereocenters. The van der Waals surface area contributed by atoms with E-state index in [9.17, 15) is 4.79 Å². The van der Waals surface area contributed by atoms with Gasteiger partial charge in [-0.25, -0.2) is 9.97 Å². The number of esters is 1. The van der Waals surface area contributed by atoms with Crippen LogP contribution >= 0.6 is 11.6 Å². The second kappa shape index (κ2) is 11.1. The van der Waals surface area contributed by atoms with Crippen LogP contribution in [0.1, 0.15) is 20.8 Å². The summed E-state index contributed by atoms with van der Waals surface area (Å²) in [6, 6.07) is 10.4. The summed E-state index contributed by atoms with van der Waals surface area (Å²) < 4.78 is 21.7. The van der Waals surface area contributed by atoms with E-state index in [1.807, 2.05) is 0 Å². The van der Waals surface area contributed by atoms with Crippen LogP contribution in [0.5, 0.6) is 17.2 Å². The molecule has 1 aromatic heterocycles. The van der Waals surface area contributed by atoms with Gasteiger partial charge in [0.05, 0.1) is 21.3 Å². The molecule has 0 amide bonds. The van der Waals surface area contributed by atoms with Crippen molar-refractivity contribution in [3.8, 4) is 17.2 Å². The highest BCUT2D eigenvalue weighted by atomic mass is 35.5. The van der Waals surface area contributed by atoms with Crippen LogP contribution in [0.15, 0.2) is 42.7 Å². The highest BCUT2D eigenvalue weighted by molar-refractivity contribution is 6.30. The fourth-order valence-electron chi connectivity index (χ4n) is 3.16. The van der Waals surface area contributed by atoms with Crippen molar-refractivity contribution in [1.82, 2.24) is 15.0 Å². The van der Waals surface area contributed by atoms with Crippen LogP contribution in [0.25, 0.3) is 0 Å². The quantitative estimate of drug-likeness (QED) is 0.411. The van der Waals surface area contributed by atoms with Crippen LogP contribution in [0.3, 0.4) is 0 Å². The van der Waals surface area contributed by atoms with Crippen LogP contribution in [0, 0.1) is 0 Å².